The smallest absolute Gasteiger partial charge is 0.346 e. The Balaban J connectivity index is 1.61. The molecule has 0 aliphatic heterocycles. The maximum atomic E-state index is 12.4. The van der Waals surface area contributed by atoms with E-state index in [0.717, 1.165) is 0 Å². The van der Waals surface area contributed by atoms with E-state index in [2.05, 4.69) is 15.6 Å². The largest absolute Gasteiger partial charge is 0.446 e. The van der Waals surface area contributed by atoms with Crippen molar-refractivity contribution in [3.63, 3.8) is 0 Å². The van der Waals surface area contributed by atoms with Crippen LogP contribution in [0.1, 0.15) is 26.4 Å². The Morgan fingerprint density at radius 3 is 2.33 bits per heavy atom. The normalized spacial score (nSPS) is 11.0. The van der Waals surface area contributed by atoms with E-state index in [1.807, 2.05) is 6.07 Å². The lowest BCUT2D eigenvalue weighted by molar-refractivity contribution is -0.0328. The summed E-state index contributed by atoms with van der Waals surface area (Å²) in [6, 6.07) is 16.8. The van der Waals surface area contributed by atoms with E-state index < -0.39 is 11.4 Å². The van der Waals surface area contributed by atoms with Crippen molar-refractivity contribution >= 4 is 29.3 Å². The summed E-state index contributed by atoms with van der Waals surface area (Å²) in [6.07, 6.45) is 1.63. The molecule has 0 radical (unpaired) electrons. The molecule has 0 saturated heterocycles. The first-order valence-corrected chi connectivity index (χ1v) is 9.57. The second kappa shape index (κ2) is 9.45. The zero-order valence-electron chi connectivity index (χ0n) is 15.4. The molecule has 2 amide bonds. The van der Waals surface area contributed by atoms with Crippen LogP contribution in [0.5, 0.6) is 0 Å². The first kappa shape index (κ1) is 21.4. The minimum Gasteiger partial charge on any atom is -0.346 e. The Kier molecular flexibility index (Phi) is 6.73. The molecule has 0 spiro atoms. The number of alkyl halides is 3. The summed E-state index contributed by atoms with van der Waals surface area (Å²) in [6.45, 7) is 0.262. The van der Waals surface area contributed by atoms with Gasteiger partial charge < -0.3 is 10.6 Å². The van der Waals surface area contributed by atoms with Gasteiger partial charge in [0.2, 0.25) is 0 Å². The summed E-state index contributed by atoms with van der Waals surface area (Å²) in [5.41, 5.74) is -2.74. The minimum absolute atomic E-state index is 0.00868. The highest BCUT2D eigenvalue weighted by Gasteiger charge is 2.29. The van der Waals surface area contributed by atoms with Crippen molar-refractivity contribution in [2.75, 3.05) is 5.32 Å². The molecule has 154 valence electrons. The Labute approximate surface area is 174 Å². The Bertz CT molecular complexity index is 1030. The van der Waals surface area contributed by atoms with Crippen LogP contribution in [0.4, 0.5) is 18.9 Å². The summed E-state index contributed by atoms with van der Waals surface area (Å²) >= 11 is -0.247. The summed E-state index contributed by atoms with van der Waals surface area (Å²) < 4.78 is 37.2. The molecule has 3 rings (SSSR count). The van der Waals surface area contributed by atoms with Crippen molar-refractivity contribution in [3.8, 4) is 0 Å². The number of thioether (sulfide) groups is 1. The van der Waals surface area contributed by atoms with Crippen LogP contribution in [0.3, 0.4) is 0 Å². The predicted octanol–water partition coefficient (Wildman–Crippen LogP) is 4.88. The number of anilines is 1. The van der Waals surface area contributed by atoms with Gasteiger partial charge in [-0.2, -0.15) is 13.2 Å². The zero-order valence-corrected chi connectivity index (χ0v) is 16.3. The van der Waals surface area contributed by atoms with E-state index >= 15 is 0 Å². The molecular formula is C21H16F3N3O2S. The van der Waals surface area contributed by atoms with Crippen molar-refractivity contribution in [2.45, 2.75) is 16.9 Å². The number of halogens is 3. The van der Waals surface area contributed by atoms with Crippen LogP contribution in [-0.2, 0) is 6.54 Å². The van der Waals surface area contributed by atoms with E-state index in [-0.39, 0.29) is 34.7 Å². The van der Waals surface area contributed by atoms with Crippen molar-refractivity contribution in [2.24, 2.45) is 0 Å². The number of pyridine rings is 1. The number of amides is 2. The zero-order chi connectivity index (χ0) is 21.6. The molecule has 9 heteroatoms. The number of hydrogen-bond donors (Lipinski definition) is 2. The topological polar surface area (TPSA) is 71.1 Å². The minimum atomic E-state index is -4.39. The van der Waals surface area contributed by atoms with Gasteiger partial charge in [0.1, 0.15) is 0 Å². The van der Waals surface area contributed by atoms with Crippen LogP contribution in [0.15, 0.2) is 77.8 Å². The molecular weight excluding hydrogens is 415 g/mol. The van der Waals surface area contributed by atoms with Gasteiger partial charge in [-0.25, -0.2) is 0 Å². The third kappa shape index (κ3) is 6.35. The highest BCUT2D eigenvalue weighted by Crippen LogP contribution is 2.36. The SMILES string of the molecule is O=C(NCc1ccccn1)c1cccc(NC(=O)c2ccc(SC(F)(F)F)cc2)c1. The summed E-state index contributed by atoms with van der Waals surface area (Å²) in [5, 5.41) is 5.38. The molecule has 0 aliphatic carbocycles. The third-order valence-corrected chi connectivity index (χ3v) is 4.63. The van der Waals surface area contributed by atoms with Gasteiger partial charge in [-0.1, -0.05) is 12.1 Å². The Morgan fingerprint density at radius 1 is 0.900 bits per heavy atom. The van der Waals surface area contributed by atoms with E-state index in [0.29, 0.717) is 16.9 Å². The lowest BCUT2D eigenvalue weighted by Crippen LogP contribution is -2.23. The van der Waals surface area contributed by atoms with Crippen LogP contribution in [0.2, 0.25) is 0 Å². The maximum absolute atomic E-state index is 12.4. The number of benzene rings is 2. The van der Waals surface area contributed by atoms with Crippen molar-refractivity contribution in [1.82, 2.24) is 10.3 Å². The molecule has 2 N–H and O–H groups in total. The third-order valence-electron chi connectivity index (χ3n) is 3.89. The molecule has 0 bridgehead atoms. The first-order valence-electron chi connectivity index (χ1n) is 8.75. The molecule has 1 heterocycles. The highest BCUT2D eigenvalue weighted by atomic mass is 32.2. The molecule has 0 atom stereocenters. The molecule has 2 aromatic carbocycles. The van der Waals surface area contributed by atoms with Gasteiger partial charge in [-0.05, 0) is 66.4 Å². The number of nitrogens with one attached hydrogen (secondary N) is 2. The summed E-state index contributed by atoms with van der Waals surface area (Å²) in [5.74, 6) is -0.824. The average molecular weight is 431 g/mol. The number of carbonyl (C=O) groups is 2. The highest BCUT2D eigenvalue weighted by molar-refractivity contribution is 8.00. The van der Waals surface area contributed by atoms with E-state index in [1.54, 1.807) is 36.5 Å². The number of rotatable bonds is 6. The predicted molar refractivity (Wildman–Crippen MR) is 108 cm³/mol. The van der Waals surface area contributed by atoms with Crippen molar-refractivity contribution < 1.29 is 22.8 Å². The van der Waals surface area contributed by atoms with Gasteiger partial charge in [0.25, 0.3) is 11.8 Å². The second-order valence-corrected chi connectivity index (χ2v) is 7.25. The fraction of sp³-hybridized carbons (Fsp3) is 0.0952. The van der Waals surface area contributed by atoms with Crippen LogP contribution in [0, 0.1) is 0 Å². The van der Waals surface area contributed by atoms with E-state index in [4.69, 9.17) is 0 Å². The molecule has 0 unspecified atom stereocenters. The van der Waals surface area contributed by atoms with Crippen LogP contribution < -0.4 is 10.6 Å². The van der Waals surface area contributed by atoms with Gasteiger partial charge in [0.05, 0.1) is 12.2 Å². The van der Waals surface area contributed by atoms with E-state index in [9.17, 15) is 22.8 Å². The van der Waals surface area contributed by atoms with Gasteiger partial charge in [0.15, 0.2) is 0 Å². The molecule has 0 saturated carbocycles. The number of carbonyl (C=O) groups excluding carboxylic acids is 2. The second-order valence-electron chi connectivity index (χ2n) is 6.11. The van der Waals surface area contributed by atoms with Gasteiger partial charge in [-0.3, -0.25) is 14.6 Å². The molecule has 30 heavy (non-hydrogen) atoms. The van der Waals surface area contributed by atoms with Gasteiger partial charge in [-0.15, -0.1) is 0 Å². The molecule has 3 aromatic rings. The molecule has 0 fully saturated rings. The fourth-order valence-electron chi connectivity index (χ4n) is 2.53. The molecule has 5 nitrogen and oxygen atoms in total. The standard InChI is InChI=1S/C21H16F3N3O2S/c22-21(23,24)30-18-9-7-14(8-10-18)20(29)27-16-6-3-4-15(12-16)19(28)26-13-17-5-1-2-11-25-17/h1-12H,13H2,(H,26,28)(H,27,29). The monoisotopic (exact) mass is 431 g/mol. The van der Waals surface area contributed by atoms with E-state index in [1.165, 1.54) is 30.3 Å². The number of nitrogens with zero attached hydrogens (tertiary/aromatic N) is 1. The molecule has 1 aromatic heterocycles. The molecule has 0 aliphatic rings. The quantitative estimate of drug-likeness (QED) is 0.546. The summed E-state index contributed by atoms with van der Waals surface area (Å²) in [4.78, 5) is 28.8. The number of hydrogen-bond acceptors (Lipinski definition) is 4. The van der Waals surface area contributed by atoms with Crippen molar-refractivity contribution in [1.29, 1.82) is 0 Å². The van der Waals surface area contributed by atoms with Crippen LogP contribution in [-0.4, -0.2) is 22.3 Å². The lowest BCUT2D eigenvalue weighted by atomic mass is 10.1. The van der Waals surface area contributed by atoms with Gasteiger partial charge in [0, 0.05) is 27.9 Å². The van der Waals surface area contributed by atoms with Crippen LogP contribution >= 0.6 is 11.8 Å². The van der Waals surface area contributed by atoms with Crippen molar-refractivity contribution in [3.05, 3.63) is 89.7 Å². The average Bonchev–Trinajstić information content (AvgIpc) is 2.72. The van der Waals surface area contributed by atoms with Crippen LogP contribution in [0.25, 0.3) is 0 Å². The Morgan fingerprint density at radius 2 is 1.67 bits per heavy atom. The van der Waals surface area contributed by atoms with Gasteiger partial charge >= 0.3 is 5.51 Å². The maximum Gasteiger partial charge on any atom is 0.446 e. The fourth-order valence-corrected chi connectivity index (χ4v) is 3.06. The number of aromatic nitrogens is 1. The lowest BCUT2D eigenvalue weighted by Gasteiger charge is -2.09. The Hall–Kier alpha value is -3.33. The first-order chi connectivity index (χ1) is 14.3. The summed E-state index contributed by atoms with van der Waals surface area (Å²) in [7, 11) is 0.